The maximum Gasteiger partial charge on any atom is 0.271 e. The Morgan fingerprint density at radius 3 is 2.76 bits per heavy atom. The number of nitro benzene ring substituents is 1. The van der Waals surface area contributed by atoms with Gasteiger partial charge < -0.3 is 10.7 Å². The van der Waals surface area contributed by atoms with E-state index in [1.807, 2.05) is 0 Å². The largest absolute Gasteiger partial charge is 0.322 e. The van der Waals surface area contributed by atoms with E-state index in [2.05, 4.69) is 15.7 Å². The van der Waals surface area contributed by atoms with Crippen molar-refractivity contribution < 1.29 is 9.72 Å². The van der Waals surface area contributed by atoms with Crippen LogP contribution in [0.3, 0.4) is 0 Å². The summed E-state index contributed by atoms with van der Waals surface area (Å²) in [5.41, 5.74) is 2.68. The second-order valence-corrected chi connectivity index (χ2v) is 4.36. The van der Waals surface area contributed by atoms with Crippen LogP contribution in [-0.4, -0.2) is 15.8 Å². The first kappa shape index (κ1) is 14.7. The second-order valence-electron chi connectivity index (χ2n) is 3.97. The summed E-state index contributed by atoms with van der Waals surface area (Å²) in [6, 6.07) is 8.35. The fourth-order valence-corrected chi connectivity index (χ4v) is 1.81. The predicted molar refractivity (Wildman–Crippen MR) is 78.1 cm³/mol. The van der Waals surface area contributed by atoms with Gasteiger partial charge in [-0.05, 0) is 18.2 Å². The number of hydrogen-bond donors (Lipinski definition) is 3. The number of non-ortho nitro benzene ring substituents is 1. The van der Waals surface area contributed by atoms with Crippen LogP contribution in [0.15, 0.2) is 36.4 Å². The predicted octanol–water partition coefficient (Wildman–Crippen LogP) is 2.18. The van der Waals surface area contributed by atoms with Crippen LogP contribution in [0.25, 0.3) is 0 Å². The zero-order valence-corrected chi connectivity index (χ0v) is 11.3. The average molecular weight is 308 g/mol. The number of carbonyl (C=O) groups is 1. The zero-order valence-electron chi connectivity index (χ0n) is 10.5. The Morgan fingerprint density at radius 1 is 1.33 bits per heavy atom. The highest BCUT2D eigenvalue weighted by Crippen LogP contribution is 2.19. The van der Waals surface area contributed by atoms with Crippen LogP contribution in [0, 0.1) is 10.1 Å². The number of anilines is 2. The van der Waals surface area contributed by atoms with E-state index in [0.717, 1.165) is 0 Å². The van der Waals surface area contributed by atoms with Crippen molar-refractivity contribution in [1.29, 1.82) is 0 Å². The summed E-state index contributed by atoms with van der Waals surface area (Å²) in [5, 5.41) is 13.3. The molecular weight excluding hydrogens is 298 g/mol. The van der Waals surface area contributed by atoms with Crippen molar-refractivity contribution in [1.82, 2.24) is 4.98 Å². The summed E-state index contributed by atoms with van der Waals surface area (Å²) in [6.45, 7) is 0. The molecule has 9 heteroatoms. The van der Waals surface area contributed by atoms with E-state index in [9.17, 15) is 14.9 Å². The first-order valence-corrected chi connectivity index (χ1v) is 6.07. The maximum atomic E-state index is 12.1. The van der Waals surface area contributed by atoms with Gasteiger partial charge >= 0.3 is 0 Å². The van der Waals surface area contributed by atoms with E-state index in [1.165, 1.54) is 36.4 Å². The minimum atomic E-state index is -0.546. The minimum Gasteiger partial charge on any atom is -0.322 e. The first-order valence-electron chi connectivity index (χ1n) is 5.69. The molecule has 1 heterocycles. The van der Waals surface area contributed by atoms with Crippen LogP contribution in [0.5, 0.6) is 0 Å². The van der Waals surface area contributed by atoms with Crippen molar-refractivity contribution in [3.63, 3.8) is 0 Å². The van der Waals surface area contributed by atoms with E-state index in [-0.39, 0.29) is 22.2 Å². The highest BCUT2D eigenvalue weighted by Gasteiger charge is 2.11. The van der Waals surface area contributed by atoms with Crippen LogP contribution in [0.1, 0.15) is 10.4 Å². The number of benzene rings is 1. The third-order valence-corrected chi connectivity index (χ3v) is 2.71. The van der Waals surface area contributed by atoms with Crippen LogP contribution in [0.4, 0.5) is 17.2 Å². The molecule has 0 aliphatic rings. The molecule has 0 unspecified atom stereocenters. The Labute approximate surface area is 124 Å². The SMILES string of the molecule is NNc1cc(C(=O)Nc2cccc([N+](=O)[O-])c2)cc(Cl)n1. The van der Waals surface area contributed by atoms with Crippen molar-refractivity contribution in [2.45, 2.75) is 0 Å². The molecule has 0 aliphatic heterocycles. The second kappa shape index (κ2) is 6.16. The number of nitro groups is 1. The van der Waals surface area contributed by atoms with Gasteiger partial charge in [-0.25, -0.2) is 10.8 Å². The summed E-state index contributed by atoms with van der Waals surface area (Å²) in [5.74, 6) is 4.95. The van der Waals surface area contributed by atoms with Crippen molar-refractivity contribution in [2.24, 2.45) is 5.84 Å². The molecule has 1 aromatic carbocycles. The normalized spacial score (nSPS) is 10.0. The van der Waals surface area contributed by atoms with Crippen LogP contribution < -0.4 is 16.6 Å². The number of halogens is 1. The van der Waals surface area contributed by atoms with Gasteiger partial charge in [-0.2, -0.15) is 0 Å². The maximum absolute atomic E-state index is 12.1. The number of nitrogen functional groups attached to an aromatic ring is 1. The topological polar surface area (TPSA) is 123 Å². The van der Waals surface area contributed by atoms with Gasteiger partial charge in [-0.1, -0.05) is 17.7 Å². The molecule has 0 radical (unpaired) electrons. The molecule has 0 spiro atoms. The lowest BCUT2D eigenvalue weighted by molar-refractivity contribution is -0.384. The molecule has 0 saturated heterocycles. The van der Waals surface area contributed by atoms with Gasteiger partial charge in [0.25, 0.3) is 11.6 Å². The monoisotopic (exact) mass is 307 g/mol. The Bertz CT molecular complexity index is 707. The van der Waals surface area contributed by atoms with Crippen LogP contribution in [-0.2, 0) is 0 Å². The average Bonchev–Trinajstić information content (AvgIpc) is 2.46. The number of pyridine rings is 1. The third kappa shape index (κ3) is 3.65. The molecule has 0 atom stereocenters. The van der Waals surface area contributed by atoms with Crippen molar-refractivity contribution in [3.05, 3.63) is 57.2 Å². The first-order chi connectivity index (χ1) is 9.99. The summed E-state index contributed by atoms with van der Waals surface area (Å²) in [6.07, 6.45) is 0. The Kier molecular flexibility index (Phi) is 4.31. The van der Waals surface area contributed by atoms with E-state index in [0.29, 0.717) is 5.69 Å². The van der Waals surface area contributed by atoms with Gasteiger partial charge in [0.2, 0.25) is 0 Å². The Hall–Kier alpha value is -2.71. The number of aromatic nitrogens is 1. The van der Waals surface area contributed by atoms with Gasteiger partial charge in [-0.15, -0.1) is 0 Å². The molecule has 21 heavy (non-hydrogen) atoms. The lowest BCUT2D eigenvalue weighted by atomic mass is 10.2. The molecule has 2 rings (SSSR count). The number of nitrogens with two attached hydrogens (primary N) is 1. The van der Waals surface area contributed by atoms with E-state index in [1.54, 1.807) is 0 Å². The van der Waals surface area contributed by atoms with Crippen molar-refractivity contribution in [2.75, 3.05) is 10.7 Å². The fraction of sp³-hybridized carbons (Fsp3) is 0. The molecule has 1 aromatic heterocycles. The number of rotatable bonds is 4. The number of carbonyl (C=O) groups excluding carboxylic acids is 1. The zero-order chi connectivity index (χ0) is 15.4. The number of nitrogens with zero attached hydrogens (tertiary/aromatic N) is 2. The van der Waals surface area contributed by atoms with Crippen LogP contribution in [0.2, 0.25) is 5.15 Å². The lowest BCUT2D eigenvalue weighted by Crippen LogP contribution is -2.14. The molecule has 1 amide bonds. The van der Waals surface area contributed by atoms with E-state index < -0.39 is 10.8 Å². The number of nitrogens with one attached hydrogen (secondary N) is 2. The summed E-state index contributed by atoms with van der Waals surface area (Å²) >= 11 is 5.77. The van der Waals surface area contributed by atoms with Gasteiger partial charge in [0.15, 0.2) is 0 Å². The summed E-state index contributed by atoms with van der Waals surface area (Å²) in [4.78, 5) is 26.1. The number of hydrogen-bond acceptors (Lipinski definition) is 6. The van der Waals surface area contributed by atoms with E-state index >= 15 is 0 Å². The molecule has 2 aromatic rings. The molecule has 4 N–H and O–H groups in total. The van der Waals surface area contributed by atoms with Crippen LogP contribution >= 0.6 is 11.6 Å². The highest BCUT2D eigenvalue weighted by molar-refractivity contribution is 6.30. The molecule has 0 saturated carbocycles. The molecule has 0 bridgehead atoms. The minimum absolute atomic E-state index is 0.0923. The quantitative estimate of drug-likeness (QED) is 0.344. The van der Waals surface area contributed by atoms with Gasteiger partial charge in [-0.3, -0.25) is 14.9 Å². The molecule has 108 valence electrons. The Morgan fingerprint density at radius 2 is 2.10 bits per heavy atom. The molecule has 0 aliphatic carbocycles. The standard InChI is InChI=1S/C12H10ClN5O3/c13-10-4-7(5-11(16-10)17-14)12(19)15-8-2-1-3-9(6-8)18(20)21/h1-6H,14H2,(H,15,19)(H,16,17). The van der Waals surface area contributed by atoms with Gasteiger partial charge in [0.05, 0.1) is 4.92 Å². The lowest BCUT2D eigenvalue weighted by Gasteiger charge is -2.07. The Balaban J connectivity index is 2.23. The van der Waals surface area contributed by atoms with Crippen molar-refractivity contribution in [3.8, 4) is 0 Å². The summed E-state index contributed by atoms with van der Waals surface area (Å²) in [7, 11) is 0. The van der Waals surface area contributed by atoms with E-state index in [4.69, 9.17) is 17.4 Å². The van der Waals surface area contributed by atoms with Gasteiger partial charge in [0.1, 0.15) is 11.0 Å². The summed E-state index contributed by atoms with van der Waals surface area (Å²) < 4.78 is 0. The highest BCUT2D eigenvalue weighted by atomic mass is 35.5. The molecular formula is C12H10ClN5O3. The third-order valence-electron chi connectivity index (χ3n) is 2.52. The molecule has 8 nitrogen and oxygen atoms in total. The van der Waals surface area contributed by atoms with Crippen molar-refractivity contribution >= 4 is 34.7 Å². The van der Waals surface area contributed by atoms with Gasteiger partial charge in [0, 0.05) is 23.4 Å². The number of amides is 1. The smallest absolute Gasteiger partial charge is 0.271 e. The molecule has 0 fully saturated rings. The fourth-order valence-electron chi connectivity index (χ4n) is 1.60. The number of hydrazine groups is 1.